The van der Waals surface area contributed by atoms with Crippen LogP contribution in [0.25, 0.3) is 0 Å². The van der Waals surface area contributed by atoms with Crippen molar-refractivity contribution in [3.8, 4) is 0 Å². The van der Waals surface area contributed by atoms with E-state index in [4.69, 9.17) is 5.73 Å². The molecule has 3 unspecified atom stereocenters. The third-order valence-corrected chi connectivity index (χ3v) is 4.28. The molecule has 2 fully saturated rings. The number of carboxylic acids is 1. The van der Waals surface area contributed by atoms with Crippen LogP contribution in [0.5, 0.6) is 0 Å². The van der Waals surface area contributed by atoms with Crippen LogP contribution in [0.15, 0.2) is 11.1 Å². The topological polar surface area (TPSA) is 112 Å². The number of aliphatic carboxylic acids is 1. The molecule has 19 heavy (non-hydrogen) atoms. The quantitative estimate of drug-likeness (QED) is 0.695. The molecule has 1 aromatic rings. The molecule has 3 atom stereocenters. The van der Waals surface area contributed by atoms with E-state index < -0.39 is 17.6 Å². The van der Waals surface area contributed by atoms with E-state index in [1.54, 1.807) is 4.90 Å². The normalized spacial score (nSPS) is 29.5. The second kappa shape index (κ2) is 4.25. The fourth-order valence-corrected chi connectivity index (χ4v) is 3.47. The van der Waals surface area contributed by atoms with Crippen LogP contribution in [-0.4, -0.2) is 33.6 Å². The minimum atomic E-state index is -0.865. The van der Waals surface area contributed by atoms with E-state index >= 15 is 0 Å². The lowest BCUT2D eigenvalue weighted by Gasteiger charge is -2.25. The zero-order valence-electron chi connectivity index (χ0n) is 10.4. The predicted molar refractivity (Wildman–Crippen MR) is 68.9 cm³/mol. The number of aromatic nitrogens is 2. The lowest BCUT2D eigenvalue weighted by molar-refractivity contribution is -0.139. The molecule has 1 aliphatic carbocycles. The maximum Gasteiger partial charge on any atom is 0.326 e. The maximum atomic E-state index is 11.5. The molecule has 1 aromatic heterocycles. The highest BCUT2D eigenvalue weighted by atomic mass is 16.4. The van der Waals surface area contributed by atoms with Gasteiger partial charge in [-0.05, 0) is 24.7 Å². The molecule has 0 spiro atoms. The summed E-state index contributed by atoms with van der Waals surface area (Å²) in [5, 5.41) is 9.46. The zero-order chi connectivity index (χ0) is 13.6. The number of carboxylic acid groups (broad SMARTS) is 1. The second-order valence-electron chi connectivity index (χ2n) is 5.26. The van der Waals surface area contributed by atoms with Gasteiger partial charge in [0.15, 0.2) is 5.82 Å². The van der Waals surface area contributed by atoms with Crippen LogP contribution < -0.4 is 16.2 Å². The maximum absolute atomic E-state index is 11.5. The molecule has 1 aliphatic heterocycles. The van der Waals surface area contributed by atoms with Gasteiger partial charge in [0.25, 0.3) is 5.56 Å². The van der Waals surface area contributed by atoms with Gasteiger partial charge in [0.05, 0.1) is 6.33 Å². The van der Waals surface area contributed by atoms with E-state index in [0.717, 1.165) is 19.3 Å². The SMILES string of the molecule is Nc1c(N2CC3CCCC3C2C(=O)O)nc[nH]c1=O. The average Bonchev–Trinajstić information content (AvgIpc) is 2.91. The van der Waals surface area contributed by atoms with Crippen LogP contribution in [0.4, 0.5) is 11.5 Å². The van der Waals surface area contributed by atoms with Gasteiger partial charge in [-0.25, -0.2) is 9.78 Å². The summed E-state index contributed by atoms with van der Waals surface area (Å²) in [7, 11) is 0. The van der Waals surface area contributed by atoms with Gasteiger partial charge in [0, 0.05) is 6.54 Å². The smallest absolute Gasteiger partial charge is 0.326 e. The number of fused-ring (bicyclic) bond motifs is 1. The van der Waals surface area contributed by atoms with Crippen molar-refractivity contribution in [2.24, 2.45) is 11.8 Å². The molecule has 0 bridgehead atoms. The summed E-state index contributed by atoms with van der Waals surface area (Å²) >= 11 is 0. The van der Waals surface area contributed by atoms with E-state index in [2.05, 4.69) is 9.97 Å². The van der Waals surface area contributed by atoms with Crippen LogP contribution in [-0.2, 0) is 4.79 Å². The predicted octanol–water partition coefficient (Wildman–Crippen LogP) is 0.0416. The lowest BCUT2D eigenvalue weighted by Crippen LogP contribution is -2.41. The van der Waals surface area contributed by atoms with Crippen molar-refractivity contribution in [1.82, 2.24) is 9.97 Å². The minimum Gasteiger partial charge on any atom is -0.480 e. The van der Waals surface area contributed by atoms with Gasteiger partial charge >= 0.3 is 5.97 Å². The first-order valence-corrected chi connectivity index (χ1v) is 6.42. The van der Waals surface area contributed by atoms with Crippen molar-refractivity contribution in [3.63, 3.8) is 0 Å². The number of H-pyrrole nitrogens is 1. The number of anilines is 2. The molecule has 1 saturated heterocycles. The molecule has 7 nitrogen and oxygen atoms in total. The third kappa shape index (κ3) is 1.76. The number of hydrogen-bond acceptors (Lipinski definition) is 5. The summed E-state index contributed by atoms with van der Waals surface area (Å²) in [4.78, 5) is 31.2. The van der Waals surface area contributed by atoms with Gasteiger partial charge in [0.2, 0.25) is 0 Å². The van der Waals surface area contributed by atoms with Crippen molar-refractivity contribution in [1.29, 1.82) is 0 Å². The first-order valence-electron chi connectivity index (χ1n) is 6.42. The molecule has 2 aliphatic rings. The number of rotatable bonds is 2. The van der Waals surface area contributed by atoms with E-state index in [1.165, 1.54) is 6.33 Å². The first-order chi connectivity index (χ1) is 9.09. The summed E-state index contributed by atoms with van der Waals surface area (Å²) in [5.41, 5.74) is 5.30. The standard InChI is InChI=1S/C12H16N4O3/c13-8-10(14-5-15-11(8)17)16-4-6-2-1-3-7(6)9(16)12(18)19/h5-7,9H,1-4,13H2,(H,18,19)(H,14,15,17). The Labute approximate surface area is 109 Å². The summed E-state index contributed by atoms with van der Waals surface area (Å²) < 4.78 is 0. The molecule has 7 heteroatoms. The highest BCUT2D eigenvalue weighted by molar-refractivity contribution is 5.81. The van der Waals surface area contributed by atoms with Gasteiger partial charge in [-0.15, -0.1) is 0 Å². The summed E-state index contributed by atoms with van der Waals surface area (Å²) in [6.07, 6.45) is 4.29. The number of aromatic amines is 1. The van der Waals surface area contributed by atoms with Crippen LogP contribution in [0.3, 0.4) is 0 Å². The molecule has 0 radical (unpaired) electrons. The Morgan fingerprint density at radius 1 is 1.53 bits per heavy atom. The van der Waals surface area contributed by atoms with Crippen LogP contribution in [0.2, 0.25) is 0 Å². The Kier molecular flexibility index (Phi) is 2.69. The molecule has 0 aromatic carbocycles. The summed E-state index contributed by atoms with van der Waals surface area (Å²) in [6, 6.07) is -0.621. The summed E-state index contributed by atoms with van der Waals surface area (Å²) in [6.45, 7) is 0.613. The molecular weight excluding hydrogens is 248 g/mol. The van der Waals surface area contributed by atoms with Crippen molar-refractivity contribution < 1.29 is 9.90 Å². The van der Waals surface area contributed by atoms with Gasteiger partial charge in [-0.1, -0.05) is 6.42 Å². The molecule has 4 N–H and O–H groups in total. The average molecular weight is 264 g/mol. The number of nitrogens with one attached hydrogen (secondary N) is 1. The third-order valence-electron chi connectivity index (χ3n) is 4.28. The number of nitrogens with zero attached hydrogens (tertiary/aromatic N) is 2. The summed E-state index contributed by atoms with van der Waals surface area (Å²) in [5.74, 6) is -0.0685. The Hall–Kier alpha value is -2.05. The molecule has 2 heterocycles. The van der Waals surface area contributed by atoms with Crippen molar-refractivity contribution in [3.05, 3.63) is 16.7 Å². The molecule has 102 valence electrons. The number of nitrogens with two attached hydrogens (primary N) is 1. The van der Waals surface area contributed by atoms with E-state index in [0.29, 0.717) is 18.3 Å². The van der Waals surface area contributed by atoms with Crippen LogP contribution in [0, 0.1) is 11.8 Å². The number of hydrogen-bond donors (Lipinski definition) is 3. The van der Waals surface area contributed by atoms with Crippen LogP contribution >= 0.6 is 0 Å². The van der Waals surface area contributed by atoms with Crippen molar-refractivity contribution in [2.45, 2.75) is 25.3 Å². The van der Waals surface area contributed by atoms with Gasteiger partial charge in [-0.2, -0.15) is 0 Å². The van der Waals surface area contributed by atoms with E-state index in [-0.39, 0.29) is 11.6 Å². The second-order valence-corrected chi connectivity index (χ2v) is 5.26. The molecule has 0 amide bonds. The fourth-order valence-electron chi connectivity index (χ4n) is 3.47. The van der Waals surface area contributed by atoms with Crippen molar-refractivity contribution in [2.75, 3.05) is 17.2 Å². The lowest BCUT2D eigenvalue weighted by atomic mass is 9.94. The Bertz CT molecular complexity index is 570. The van der Waals surface area contributed by atoms with Gasteiger partial charge < -0.3 is 20.7 Å². The molecular formula is C12H16N4O3. The highest BCUT2D eigenvalue weighted by Gasteiger charge is 2.48. The zero-order valence-corrected chi connectivity index (χ0v) is 10.4. The van der Waals surface area contributed by atoms with E-state index in [1.807, 2.05) is 0 Å². The largest absolute Gasteiger partial charge is 0.480 e. The van der Waals surface area contributed by atoms with Gasteiger partial charge in [-0.3, -0.25) is 4.79 Å². The Morgan fingerprint density at radius 3 is 3.05 bits per heavy atom. The minimum absolute atomic E-state index is 0.00581. The molecule has 3 rings (SSSR count). The number of carbonyl (C=O) groups is 1. The molecule has 1 saturated carbocycles. The van der Waals surface area contributed by atoms with Gasteiger partial charge in [0.1, 0.15) is 11.7 Å². The Balaban J connectivity index is 2.02. The number of nitrogen functional groups attached to an aromatic ring is 1. The Morgan fingerprint density at radius 2 is 2.32 bits per heavy atom. The highest BCUT2D eigenvalue weighted by Crippen LogP contribution is 2.44. The van der Waals surface area contributed by atoms with Crippen molar-refractivity contribution >= 4 is 17.5 Å². The van der Waals surface area contributed by atoms with Crippen LogP contribution in [0.1, 0.15) is 19.3 Å². The fraction of sp³-hybridized carbons (Fsp3) is 0.583. The van der Waals surface area contributed by atoms with E-state index in [9.17, 15) is 14.7 Å². The monoisotopic (exact) mass is 264 g/mol. The first kappa shape index (κ1) is 12.0.